The summed E-state index contributed by atoms with van der Waals surface area (Å²) in [4.78, 5) is 0. The Kier molecular flexibility index (Phi) is 2.36. The lowest BCUT2D eigenvalue weighted by Crippen LogP contribution is -2.24. The van der Waals surface area contributed by atoms with Gasteiger partial charge in [-0.05, 0) is 77.1 Å². The van der Waals surface area contributed by atoms with Gasteiger partial charge in [-0.15, -0.1) is 0 Å². The van der Waals surface area contributed by atoms with Gasteiger partial charge in [-0.2, -0.15) is 0 Å². The van der Waals surface area contributed by atoms with Crippen LogP contribution in [0.15, 0.2) is 4.47 Å². The molecule has 0 radical (unpaired) electrons. The van der Waals surface area contributed by atoms with Crippen LogP contribution in [0.2, 0.25) is 0 Å². The normalized spacial score (nSPS) is 27.0. The Morgan fingerprint density at radius 3 is 2.00 bits per heavy atom. The summed E-state index contributed by atoms with van der Waals surface area (Å²) in [6, 6.07) is 0. The van der Waals surface area contributed by atoms with Crippen LogP contribution in [0.5, 0.6) is 0 Å². The van der Waals surface area contributed by atoms with Gasteiger partial charge in [-0.1, -0.05) is 0 Å². The molecule has 3 heteroatoms. The second-order valence-electron chi connectivity index (χ2n) is 4.94. The molecule has 2 bridgehead atoms. The monoisotopic (exact) mass is 286 g/mol. The Hall–Kier alpha value is -0.440. The first-order chi connectivity index (χ1) is 7.61. The molecule has 16 heavy (non-hydrogen) atoms. The molecule has 0 unspecified atom stereocenters. The second kappa shape index (κ2) is 3.52. The average molecular weight is 287 g/mol. The zero-order chi connectivity index (χ0) is 11.4. The highest BCUT2D eigenvalue weighted by atomic mass is 79.9. The minimum Gasteiger partial charge on any atom is -0.203 e. The maximum atomic E-state index is 13.7. The fraction of sp³-hybridized carbons (Fsp3) is 0.538. The first-order valence-electron chi connectivity index (χ1n) is 5.78. The number of benzene rings is 1. The third-order valence-electron chi connectivity index (χ3n) is 4.19. The van der Waals surface area contributed by atoms with Gasteiger partial charge in [0, 0.05) is 0 Å². The smallest absolute Gasteiger partial charge is 0.173 e. The van der Waals surface area contributed by atoms with Gasteiger partial charge in [0.2, 0.25) is 0 Å². The lowest BCUT2D eigenvalue weighted by atomic mass is 9.66. The van der Waals surface area contributed by atoms with E-state index in [4.69, 9.17) is 0 Å². The number of rotatable bonds is 0. The second-order valence-corrected chi connectivity index (χ2v) is 5.74. The van der Waals surface area contributed by atoms with Gasteiger partial charge >= 0.3 is 0 Å². The Bertz CT molecular complexity index is 417. The van der Waals surface area contributed by atoms with E-state index in [2.05, 4.69) is 15.9 Å². The quantitative estimate of drug-likeness (QED) is 0.602. The highest BCUT2D eigenvalue weighted by Gasteiger charge is 2.37. The molecule has 0 amide bonds. The van der Waals surface area contributed by atoms with E-state index in [1.807, 2.05) is 0 Å². The molecule has 3 aliphatic carbocycles. The van der Waals surface area contributed by atoms with Crippen molar-refractivity contribution in [3.05, 3.63) is 32.8 Å². The van der Waals surface area contributed by atoms with E-state index >= 15 is 0 Å². The van der Waals surface area contributed by atoms with Gasteiger partial charge in [0.1, 0.15) is 0 Å². The van der Waals surface area contributed by atoms with Crippen LogP contribution in [0, 0.1) is 18.6 Å². The molecule has 0 spiro atoms. The molecule has 0 aliphatic heterocycles. The van der Waals surface area contributed by atoms with E-state index in [9.17, 15) is 8.78 Å². The maximum absolute atomic E-state index is 13.7. The van der Waals surface area contributed by atoms with E-state index in [-0.39, 0.29) is 0 Å². The molecule has 1 fully saturated rings. The predicted molar refractivity (Wildman–Crippen MR) is 62.7 cm³/mol. The van der Waals surface area contributed by atoms with Crippen LogP contribution in [0.4, 0.5) is 8.78 Å². The molecule has 0 saturated heterocycles. The molecule has 0 atom stereocenters. The fourth-order valence-electron chi connectivity index (χ4n) is 3.41. The van der Waals surface area contributed by atoms with Gasteiger partial charge in [0.25, 0.3) is 0 Å². The van der Waals surface area contributed by atoms with E-state index in [0.29, 0.717) is 21.9 Å². The Morgan fingerprint density at radius 1 is 0.938 bits per heavy atom. The Morgan fingerprint density at radius 2 is 1.44 bits per heavy atom. The van der Waals surface area contributed by atoms with Crippen molar-refractivity contribution in [1.82, 2.24) is 0 Å². The number of hydrogen-bond acceptors (Lipinski definition) is 0. The van der Waals surface area contributed by atoms with Crippen LogP contribution in [0.1, 0.15) is 54.2 Å². The summed E-state index contributed by atoms with van der Waals surface area (Å²) in [5, 5.41) is 0. The van der Waals surface area contributed by atoms with E-state index in [0.717, 1.165) is 36.8 Å². The van der Waals surface area contributed by atoms with Crippen molar-refractivity contribution < 1.29 is 8.78 Å². The standard InChI is InChI=1S/C13H13BrF2/c1-6-9-7-2-4-8(5-3-7)10(9)11(14)13(16)12(6)15/h7-8H,2-5H2,1H3. The highest BCUT2D eigenvalue weighted by Crippen LogP contribution is 2.53. The van der Waals surface area contributed by atoms with Crippen molar-refractivity contribution in [2.45, 2.75) is 44.4 Å². The molecule has 1 saturated carbocycles. The summed E-state index contributed by atoms with van der Waals surface area (Å²) in [7, 11) is 0. The Labute approximate surface area is 102 Å². The zero-order valence-corrected chi connectivity index (χ0v) is 10.7. The van der Waals surface area contributed by atoms with Crippen molar-refractivity contribution in [3.63, 3.8) is 0 Å². The van der Waals surface area contributed by atoms with Gasteiger partial charge in [-0.25, -0.2) is 8.78 Å². The number of fused-ring (bicyclic) bond motifs is 2. The van der Waals surface area contributed by atoms with Crippen molar-refractivity contribution in [3.8, 4) is 0 Å². The molecule has 0 aromatic heterocycles. The first-order valence-corrected chi connectivity index (χ1v) is 6.57. The van der Waals surface area contributed by atoms with Crippen molar-refractivity contribution >= 4 is 15.9 Å². The SMILES string of the molecule is Cc1c(F)c(F)c(Br)c2c1C1CCC2CC1. The van der Waals surface area contributed by atoms with Crippen molar-refractivity contribution in [2.75, 3.05) is 0 Å². The van der Waals surface area contributed by atoms with Crippen molar-refractivity contribution in [1.29, 1.82) is 0 Å². The minimum atomic E-state index is -0.705. The van der Waals surface area contributed by atoms with Crippen LogP contribution >= 0.6 is 15.9 Å². The largest absolute Gasteiger partial charge is 0.203 e. The molecular formula is C13H13BrF2. The molecular weight excluding hydrogens is 274 g/mol. The van der Waals surface area contributed by atoms with E-state index in [1.54, 1.807) is 6.92 Å². The topological polar surface area (TPSA) is 0 Å². The molecule has 86 valence electrons. The maximum Gasteiger partial charge on any atom is 0.173 e. The first kappa shape index (κ1) is 10.7. The Balaban J connectivity index is 2.34. The van der Waals surface area contributed by atoms with Gasteiger partial charge in [0.05, 0.1) is 4.47 Å². The molecule has 0 nitrogen and oxygen atoms in total. The zero-order valence-electron chi connectivity index (χ0n) is 9.12. The molecule has 3 aliphatic rings. The number of hydrogen-bond donors (Lipinski definition) is 0. The minimum absolute atomic E-state index is 0.375. The van der Waals surface area contributed by atoms with Crippen LogP contribution in [0.25, 0.3) is 0 Å². The number of halogens is 3. The lowest BCUT2D eigenvalue weighted by Gasteiger charge is -2.40. The molecule has 0 heterocycles. The summed E-state index contributed by atoms with van der Waals surface area (Å²) in [5.41, 5.74) is 2.68. The van der Waals surface area contributed by atoms with Crippen LogP contribution < -0.4 is 0 Å². The highest BCUT2D eigenvalue weighted by molar-refractivity contribution is 9.10. The van der Waals surface area contributed by atoms with Crippen LogP contribution in [0.3, 0.4) is 0 Å². The van der Waals surface area contributed by atoms with Gasteiger partial charge < -0.3 is 0 Å². The third-order valence-corrected chi connectivity index (χ3v) is 4.96. The van der Waals surface area contributed by atoms with E-state index in [1.165, 1.54) is 0 Å². The molecule has 1 aromatic carbocycles. The predicted octanol–water partition coefficient (Wildman–Crippen LogP) is 4.79. The molecule has 0 N–H and O–H groups in total. The third kappa shape index (κ3) is 1.24. The van der Waals surface area contributed by atoms with Crippen molar-refractivity contribution in [2.24, 2.45) is 0 Å². The summed E-state index contributed by atoms with van der Waals surface area (Å²) >= 11 is 3.24. The summed E-state index contributed by atoms with van der Waals surface area (Å²) < 4.78 is 27.8. The fourth-order valence-corrected chi connectivity index (χ4v) is 4.13. The lowest BCUT2D eigenvalue weighted by molar-refractivity contribution is 0.349. The molecule has 1 aromatic rings. The van der Waals surface area contributed by atoms with Crippen LogP contribution in [-0.4, -0.2) is 0 Å². The summed E-state index contributed by atoms with van der Waals surface area (Å²) in [5.74, 6) is -0.489. The summed E-state index contributed by atoms with van der Waals surface area (Å²) in [6.07, 6.45) is 4.52. The summed E-state index contributed by atoms with van der Waals surface area (Å²) in [6.45, 7) is 1.71. The molecule has 4 rings (SSSR count). The van der Waals surface area contributed by atoms with E-state index < -0.39 is 11.6 Å². The van der Waals surface area contributed by atoms with Crippen LogP contribution in [-0.2, 0) is 0 Å². The van der Waals surface area contributed by atoms with Gasteiger partial charge in [-0.3, -0.25) is 0 Å². The van der Waals surface area contributed by atoms with Gasteiger partial charge in [0.15, 0.2) is 11.6 Å². The average Bonchev–Trinajstić information content (AvgIpc) is 2.34.